The standard InChI is InChI=1S/C28H27N3O5/c1-2-25-28(33)30(24-9-5-7-18-6-3-4-8-23(18)24)17-20-16-21(12-15-26(20)36-25)29-27(32)19-10-13-22(14-11-19)31(34)35/h3-4,6,8,10-16,24-25H,2,5,7,9,17H2,1H3,(H,29,32)/t24-,25+/m0/s1. The number of nitro benzene ring substituents is 1. The number of nitrogens with zero attached hydrogens (tertiary/aromatic N) is 2. The zero-order chi connectivity index (χ0) is 25.2. The predicted octanol–water partition coefficient (Wildman–Crippen LogP) is 5.42. The molecule has 0 aromatic heterocycles. The average molecular weight is 486 g/mol. The van der Waals surface area contributed by atoms with Crippen molar-refractivity contribution in [2.24, 2.45) is 0 Å². The van der Waals surface area contributed by atoms with Gasteiger partial charge in [0.25, 0.3) is 17.5 Å². The van der Waals surface area contributed by atoms with Crippen molar-refractivity contribution in [2.45, 2.75) is 51.3 Å². The van der Waals surface area contributed by atoms with Gasteiger partial charge in [-0.25, -0.2) is 0 Å². The van der Waals surface area contributed by atoms with E-state index in [0.29, 0.717) is 30.0 Å². The molecule has 1 aliphatic carbocycles. The Morgan fingerprint density at radius 1 is 1.11 bits per heavy atom. The first-order valence-corrected chi connectivity index (χ1v) is 12.2. The molecule has 5 rings (SSSR count). The molecule has 2 aliphatic rings. The van der Waals surface area contributed by atoms with Gasteiger partial charge in [0.2, 0.25) is 0 Å². The van der Waals surface area contributed by atoms with E-state index >= 15 is 0 Å². The lowest BCUT2D eigenvalue weighted by Crippen LogP contribution is -2.42. The first kappa shape index (κ1) is 23.5. The molecule has 2 atom stereocenters. The number of hydrogen-bond acceptors (Lipinski definition) is 5. The van der Waals surface area contributed by atoms with E-state index in [1.807, 2.05) is 30.0 Å². The number of nitrogens with one attached hydrogen (secondary N) is 1. The average Bonchev–Trinajstić information content (AvgIpc) is 3.04. The van der Waals surface area contributed by atoms with Gasteiger partial charge in [-0.05, 0) is 67.1 Å². The Morgan fingerprint density at radius 3 is 2.64 bits per heavy atom. The first-order chi connectivity index (χ1) is 17.4. The second-order valence-electron chi connectivity index (χ2n) is 9.17. The monoisotopic (exact) mass is 485 g/mol. The van der Waals surface area contributed by atoms with Gasteiger partial charge in [0.15, 0.2) is 6.10 Å². The van der Waals surface area contributed by atoms with E-state index in [9.17, 15) is 19.7 Å². The molecule has 8 heteroatoms. The number of hydrogen-bond donors (Lipinski definition) is 1. The summed E-state index contributed by atoms with van der Waals surface area (Å²) in [6, 6.07) is 19.1. The number of benzene rings is 3. The third kappa shape index (κ3) is 4.54. The minimum Gasteiger partial charge on any atom is -0.480 e. The molecule has 0 spiro atoms. The van der Waals surface area contributed by atoms with Crippen LogP contribution in [0.4, 0.5) is 11.4 Å². The van der Waals surface area contributed by atoms with Gasteiger partial charge in [-0.2, -0.15) is 0 Å². The molecule has 1 N–H and O–H groups in total. The van der Waals surface area contributed by atoms with Gasteiger partial charge in [0.05, 0.1) is 17.5 Å². The minimum atomic E-state index is -0.569. The molecule has 0 saturated heterocycles. The number of ether oxygens (including phenoxy) is 1. The van der Waals surface area contributed by atoms with Crippen molar-refractivity contribution in [1.82, 2.24) is 4.90 Å². The summed E-state index contributed by atoms with van der Waals surface area (Å²) in [5.74, 6) is 0.238. The Kier molecular flexibility index (Phi) is 6.41. The van der Waals surface area contributed by atoms with Crippen molar-refractivity contribution in [1.29, 1.82) is 0 Å². The number of fused-ring (bicyclic) bond motifs is 2. The molecule has 184 valence electrons. The van der Waals surface area contributed by atoms with Gasteiger partial charge in [-0.15, -0.1) is 0 Å². The summed E-state index contributed by atoms with van der Waals surface area (Å²) >= 11 is 0. The van der Waals surface area contributed by atoms with E-state index in [1.165, 1.54) is 35.4 Å². The summed E-state index contributed by atoms with van der Waals surface area (Å²) in [6.07, 6.45) is 2.91. The molecule has 3 aromatic rings. The molecule has 0 bridgehead atoms. The third-order valence-electron chi connectivity index (χ3n) is 6.91. The van der Waals surface area contributed by atoms with Crippen LogP contribution in [0.5, 0.6) is 5.75 Å². The van der Waals surface area contributed by atoms with Crippen LogP contribution in [-0.2, 0) is 17.8 Å². The van der Waals surface area contributed by atoms with Crippen molar-refractivity contribution in [3.05, 3.63) is 99.1 Å². The Bertz CT molecular complexity index is 1320. The number of anilines is 1. The van der Waals surface area contributed by atoms with Crippen LogP contribution in [0, 0.1) is 10.1 Å². The number of aryl methyl sites for hydroxylation is 1. The Labute approximate surface area is 209 Å². The molecule has 0 fully saturated rings. The smallest absolute Gasteiger partial charge is 0.269 e. The summed E-state index contributed by atoms with van der Waals surface area (Å²) in [7, 11) is 0. The predicted molar refractivity (Wildman–Crippen MR) is 135 cm³/mol. The van der Waals surface area contributed by atoms with Gasteiger partial charge in [0.1, 0.15) is 5.75 Å². The van der Waals surface area contributed by atoms with Gasteiger partial charge >= 0.3 is 0 Å². The highest BCUT2D eigenvalue weighted by Gasteiger charge is 2.36. The lowest BCUT2D eigenvalue weighted by molar-refractivity contribution is -0.384. The molecular weight excluding hydrogens is 458 g/mol. The Balaban J connectivity index is 1.43. The maximum absolute atomic E-state index is 13.6. The normalized spacial score (nSPS) is 18.9. The highest BCUT2D eigenvalue weighted by molar-refractivity contribution is 6.04. The van der Waals surface area contributed by atoms with Gasteiger partial charge in [0, 0.05) is 28.9 Å². The highest BCUT2D eigenvalue weighted by atomic mass is 16.6. The Hall–Kier alpha value is -4.20. The summed E-state index contributed by atoms with van der Waals surface area (Å²) in [5, 5.41) is 13.7. The zero-order valence-electron chi connectivity index (χ0n) is 20.0. The minimum absolute atomic E-state index is 0.0214. The molecule has 1 heterocycles. The number of carbonyl (C=O) groups excluding carboxylic acids is 2. The molecule has 0 unspecified atom stereocenters. The fourth-order valence-corrected chi connectivity index (χ4v) is 5.06. The molecule has 36 heavy (non-hydrogen) atoms. The van der Waals surface area contributed by atoms with Crippen LogP contribution in [0.25, 0.3) is 0 Å². The molecule has 3 aromatic carbocycles. The van der Waals surface area contributed by atoms with Crippen molar-refractivity contribution in [2.75, 3.05) is 5.32 Å². The summed E-state index contributed by atoms with van der Waals surface area (Å²) in [5.41, 5.74) is 4.10. The SMILES string of the molecule is CC[C@H]1Oc2ccc(NC(=O)c3ccc([N+](=O)[O-])cc3)cc2CN([C@H]2CCCc3ccccc32)C1=O. The third-order valence-corrected chi connectivity index (χ3v) is 6.91. The zero-order valence-corrected chi connectivity index (χ0v) is 20.0. The summed E-state index contributed by atoms with van der Waals surface area (Å²) in [4.78, 5) is 38.6. The van der Waals surface area contributed by atoms with Gasteiger partial charge in [-0.3, -0.25) is 19.7 Å². The molecular formula is C28H27N3O5. The van der Waals surface area contributed by atoms with Crippen molar-refractivity contribution in [3.63, 3.8) is 0 Å². The topological polar surface area (TPSA) is 102 Å². The second-order valence-corrected chi connectivity index (χ2v) is 9.17. The number of amides is 2. The number of carbonyl (C=O) groups is 2. The number of nitro groups is 1. The van der Waals surface area contributed by atoms with E-state index < -0.39 is 11.0 Å². The van der Waals surface area contributed by atoms with Crippen LogP contribution in [0.15, 0.2) is 66.7 Å². The lowest BCUT2D eigenvalue weighted by atomic mass is 9.86. The van der Waals surface area contributed by atoms with Crippen LogP contribution < -0.4 is 10.1 Å². The first-order valence-electron chi connectivity index (χ1n) is 12.2. The maximum Gasteiger partial charge on any atom is 0.269 e. The summed E-state index contributed by atoms with van der Waals surface area (Å²) < 4.78 is 6.14. The quantitative estimate of drug-likeness (QED) is 0.384. The lowest BCUT2D eigenvalue weighted by Gasteiger charge is -2.36. The molecule has 0 radical (unpaired) electrons. The molecule has 2 amide bonds. The van der Waals surface area contributed by atoms with E-state index in [2.05, 4.69) is 17.4 Å². The Morgan fingerprint density at radius 2 is 1.89 bits per heavy atom. The van der Waals surface area contributed by atoms with Crippen LogP contribution in [0.2, 0.25) is 0 Å². The largest absolute Gasteiger partial charge is 0.480 e. The molecule has 8 nitrogen and oxygen atoms in total. The van der Waals surface area contributed by atoms with E-state index in [4.69, 9.17) is 4.74 Å². The fraction of sp³-hybridized carbons (Fsp3) is 0.286. The number of rotatable bonds is 5. The summed E-state index contributed by atoms with van der Waals surface area (Å²) in [6.45, 7) is 2.32. The van der Waals surface area contributed by atoms with Crippen molar-refractivity contribution >= 4 is 23.2 Å². The second kappa shape index (κ2) is 9.81. The van der Waals surface area contributed by atoms with E-state index in [0.717, 1.165) is 24.8 Å². The van der Waals surface area contributed by atoms with Crippen LogP contribution in [0.3, 0.4) is 0 Å². The van der Waals surface area contributed by atoms with Crippen LogP contribution in [0.1, 0.15) is 59.3 Å². The van der Waals surface area contributed by atoms with Gasteiger partial charge < -0.3 is 15.0 Å². The van der Waals surface area contributed by atoms with Crippen LogP contribution in [-0.4, -0.2) is 27.7 Å². The fourth-order valence-electron chi connectivity index (χ4n) is 5.06. The molecule has 1 aliphatic heterocycles. The highest BCUT2D eigenvalue weighted by Crippen LogP contribution is 2.39. The van der Waals surface area contributed by atoms with Crippen molar-refractivity contribution in [3.8, 4) is 5.75 Å². The van der Waals surface area contributed by atoms with Crippen molar-refractivity contribution < 1.29 is 19.2 Å². The van der Waals surface area contributed by atoms with E-state index in [1.54, 1.807) is 12.1 Å². The number of non-ortho nitro benzene ring substituents is 1. The molecule has 0 saturated carbocycles. The van der Waals surface area contributed by atoms with E-state index in [-0.39, 0.29) is 23.5 Å². The van der Waals surface area contributed by atoms with Crippen LogP contribution >= 0.6 is 0 Å². The maximum atomic E-state index is 13.6. The van der Waals surface area contributed by atoms with Gasteiger partial charge in [-0.1, -0.05) is 31.2 Å².